The first-order valence-corrected chi connectivity index (χ1v) is 6.16. The van der Waals surface area contributed by atoms with E-state index in [-0.39, 0.29) is 10.5 Å². The number of aliphatic hydroxyl groups excluding tert-OH is 1. The van der Waals surface area contributed by atoms with E-state index in [1.807, 2.05) is 0 Å². The SMILES string of the molecule is O=S1[C@@H]2CC[C@@H](C2O)S1=O. The van der Waals surface area contributed by atoms with Gasteiger partial charge in [0.1, 0.15) is 19.7 Å². The highest BCUT2D eigenvalue weighted by molar-refractivity contribution is 8.62. The zero-order chi connectivity index (χ0) is 7.30. The topological polar surface area (TPSA) is 54.4 Å². The predicted molar refractivity (Wildman–Crippen MR) is 39.1 cm³/mol. The van der Waals surface area contributed by atoms with Gasteiger partial charge in [0.25, 0.3) is 0 Å². The Morgan fingerprint density at radius 3 is 1.70 bits per heavy atom. The van der Waals surface area contributed by atoms with Crippen molar-refractivity contribution in [1.29, 1.82) is 0 Å². The van der Waals surface area contributed by atoms with Crippen LogP contribution in [0.1, 0.15) is 12.8 Å². The molecule has 5 atom stereocenters. The summed E-state index contributed by atoms with van der Waals surface area (Å²) in [6, 6.07) is 0. The van der Waals surface area contributed by atoms with Crippen molar-refractivity contribution in [3.05, 3.63) is 0 Å². The van der Waals surface area contributed by atoms with Crippen molar-refractivity contribution in [3.8, 4) is 0 Å². The van der Waals surface area contributed by atoms with Gasteiger partial charge in [0.2, 0.25) is 0 Å². The van der Waals surface area contributed by atoms with Gasteiger partial charge in [-0.25, -0.2) is 8.42 Å². The number of fused-ring (bicyclic) bond motifs is 2. The summed E-state index contributed by atoms with van der Waals surface area (Å²) in [5.41, 5.74) is 0. The fourth-order valence-corrected chi connectivity index (χ4v) is 6.37. The molecule has 5 heteroatoms. The molecule has 2 aliphatic rings. The Balaban J connectivity index is 2.38. The van der Waals surface area contributed by atoms with E-state index in [0.717, 1.165) is 12.8 Å². The molecule has 10 heavy (non-hydrogen) atoms. The van der Waals surface area contributed by atoms with E-state index in [1.54, 1.807) is 0 Å². The van der Waals surface area contributed by atoms with Crippen LogP contribution < -0.4 is 0 Å². The summed E-state index contributed by atoms with van der Waals surface area (Å²) in [6.45, 7) is 0. The third-order valence-electron chi connectivity index (χ3n) is 2.15. The van der Waals surface area contributed by atoms with Crippen LogP contribution in [0.5, 0.6) is 0 Å². The Kier molecular flexibility index (Phi) is 1.47. The first-order chi connectivity index (χ1) is 4.72. The molecule has 1 heterocycles. The normalized spacial score (nSPS) is 59.5. The smallest absolute Gasteiger partial charge is 0.117 e. The highest BCUT2D eigenvalue weighted by Gasteiger charge is 2.51. The third kappa shape index (κ3) is 0.682. The van der Waals surface area contributed by atoms with Crippen LogP contribution >= 0.6 is 0 Å². The number of aliphatic hydroxyl groups is 1. The van der Waals surface area contributed by atoms with Crippen molar-refractivity contribution < 1.29 is 13.5 Å². The van der Waals surface area contributed by atoms with Crippen molar-refractivity contribution in [1.82, 2.24) is 0 Å². The molecule has 58 valence electrons. The lowest BCUT2D eigenvalue weighted by Gasteiger charge is -2.04. The van der Waals surface area contributed by atoms with Crippen molar-refractivity contribution >= 4 is 19.7 Å². The Bertz CT molecular complexity index is 193. The van der Waals surface area contributed by atoms with Gasteiger partial charge in [0.05, 0.1) is 16.6 Å². The Morgan fingerprint density at radius 1 is 1.10 bits per heavy atom. The average Bonchev–Trinajstić information content (AvgIpc) is 2.34. The van der Waals surface area contributed by atoms with E-state index in [4.69, 9.17) is 0 Å². The van der Waals surface area contributed by atoms with Crippen LogP contribution in [0.25, 0.3) is 0 Å². The molecule has 2 bridgehead atoms. The van der Waals surface area contributed by atoms with Gasteiger partial charge in [-0.1, -0.05) is 0 Å². The van der Waals surface area contributed by atoms with Crippen molar-refractivity contribution in [2.24, 2.45) is 0 Å². The largest absolute Gasteiger partial charge is 0.391 e. The minimum Gasteiger partial charge on any atom is -0.391 e. The lowest BCUT2D eigenvalue weighted by molar-refractivity contribution is 0.194. The van der Waals surface area contributed by atoms with E-state index in [0.29, 0.717) is 0 Å². The molecule has 1 saturated heterocycles. The summed E-state index contributed by atoms with van der Waals surface area (Å²) < 4.78 is 22.1. The van der Waals surface area contributed by atoms with Crippen molar-refractivity contribution in [3.63, 3.8) is 0 Å². The molecule has 1 saturated carbocycles. The molecule has 1 N–H and O–H groups in total. The molecule has 0 aromatic heterocycles. The lowest BCUT2D eigenvalue weighted by atomic mass is 10.3. The summed E-state index contributed by atoms with van der Waals surface area (Å²) in [5, 5.41) is 8.91. The van der Waals surface area contributed by atoms with Gasteiger partial charge in [-0.2, -0.15) is 0 Å². The first-order valence-electron chi connectivity index (χ1n) is 3.21. The van der Waals surface area contributed by atoms with Gasteiger partial charge in [-0.3, -0.25) is 0 Å². The van der Waals surface area contributed by atoms with Crippen LogP contribution in [0.4, 0.5) is 0 Å². The predicted octanol–water partition coefficient (Wildman–Crippen LogP) is -0.696. The highest BCUT2D eigenvalue weighted by atomic mass is 33.1. The zero-order valence-electron chi connectivity index (χ0n) is 5.23. The molecule has 0 amide bonds. The molecular weight excluding hydrogens is 172 g/mol. The van der Waals surface area contributed by atoms with Gasteiger partial charge < -0.3 is 5.11 Å². The average molecular weight is 180 g/mol. The maximum atomic E-state index is 11.0. The van der Waals surface area contributed by atoms with Crippen LogP contribution in [0.15, 0.2) is 0 Å². The van der Waals surface area contributed by atoms with Gasteiger partial charge in [0, 0.05) is 0 Å². The second-order valence-corrected chi connectivity index (χ2v) is 6.89. The zero-order valence-corrected chi connectivity index (χ0v) is 6.86. The fourth-order valence-electron chi connectivity index (χ4n) is 1.57. The summed E-state index contributed by atoms with van der Waals surface area (Å²) in [5.74, 6) is 0. The van der Waals surface area contributed by atoms with Crippen molar-refractivity contribution in [2.45, 2.75) is 29.4 Å². The maximum absolute atomic E-state index is 11.0. The summed E-state index contributed by atoms with van der Waals surface area (Å²) >= 11 is 0. The van der Waals surface area contributed by atoms with Gasteiger partial charge in [-0.15, -0.1) is 0 Å². The van der Waals surface area contributed by atoms with Crippen LogP contribution in [0.2, 0.25) is 0 Å². The molecular formula is C5H8O3S2. The molecule has 2 rings (SSSR count). The molecule has 1 aliphatic heterocycles. The molecule has 0 spiro atoms. The van der Waals surface area contributed by atoms with Crippen LogP contribution in [-0.4, -0.2) is 30.1 Å². The van der Waals surface area contributed by atoms with E-state index in [1.165, 1.54) is 0 Å². The molecule has 0 radical (unpaired) electrons. The second kappa shape index (κ2) is 2.12. The fraction of sp³-hybridized carbons (Fsp3) is 1.00. The van der Waals surface area contributed by atoms with Gasteiger partial charge >= 0.3 is 0 Å². The van der Waals surface area contributed by atoms with E-state index < -0.39 is 25.8 Å². The summed E-state index contributed by atoms with van der Waals surface area (Å²) in [6.07, 6.45) is 1.01. The first kappa shape index (κ1) is 6.94. The maximum Gasteiger partial charge on any atom is 0.117 e. The van der Waals surface area contributed by atoms with E-state index in [9.17, 15) is 13.5 Å². The van der Waals surface area contributed by atoms with Crippen LogP contribution in [0.3, 0.4) is 0 Å². The minimum absolute atomic E-state index is 0.189. The monoisotopic (exact) mass is 180 g/mol. The Morgan fingerprint density at radius 2 is 1.50 bits per heavy atom. The summed E-state index contributed by atoms with van der Waals surface area (Å²) in [4.78, 5) is 0. The van der Waals surface area contributed by atoms with Gasteiger partial charge in [-0.05, 0) is 12.8 Å². The highest BCUT2D eigenvalue weighted by Crippen LogP contribution is 2.37. The lowest BCUT2D eigenvalue weighted by Crippen LogP contribution is -2.20. The molecule has 3 nitrogen and oxygen atoms in total. The van der Waals surface area contributed by atoms with E-state index in [2.05, 4.69) is 0 Å². The molecule has 0 aromatic carbocycles. The molecule has 0 aromatic rings. The van der Waals surface area contributed by atoms with E-state index >= 15 is 0 Å². The quantitative estimate of drug-likeness (QED) is 0.502. The van der Waals surface area contributed by atoms with Crippen molar-refractivity contribution in [2.75, 3.05) is 0 Å². The minimum atomic E-state index is -1.26. The third-order valence-corrected chi connectivity index (χ3v) is 6.95. The molecule has 3 unspecified atom stereocenters. The number of rotatable bonds is 0. The number of hydrogen-bond acceptors (Lipinski definition) is 3. The number of hydrogen-bond donors (Lipinski definition) is 1. The van der Waals surface area contributed by atoms with Crippen LogP contribution in [0, 0.1) is 0 Å². The Hall–Kier alpha value is 0.260. The summed E-state index contributed by atoms with van der Waals surface area (Å²) in [7, 11) is -2.53. The Labute approximate surface area is 63.1 Å². The van der Waals surface area contributed by atoms with Crippen LogP contribution in [-0.2, 0) is 19.7 Å². The van der Waals surface area contributed by atoms with Gasteiger partial charge in [0.15, 0.2) is 0 Å². The molecule has 2 fully saturated rings. The standard InChI is InChI=1S/C5H8O3S2/c6-5-3-1-2-4(5)10(8)9(3)7/h3-6H,1-2H2/t3-,4+,5?,9?,10?. The molecule has 1 aliphatic carbocycles. The second-order valence-electron chi connectivity index (χ2n) is 2.67.